The van der Waals surface area contributed by atoms with Crippen molar-refractivity contribution in [2.24, 2.45) is 0 Å². The van der Waals surface area contributed by atoms with E-state index in [-0.39, 0.29) is 27.1 Å². The third kappa shape index (κ3) is 3.05. The highest BCUT2D eigenvalue weighted by molar-refractivity contribution is 7.18. The summed E-state index contributed by atoms with van der Waals surface area (Å²) in [6.45, 7) is 2.02. The molecule has 0 bridgehead atoms. The molecular formula is C17H12FN3O3S. The van der Waals surface area contributed by atoms with Crippen LogP contribution in [-0.4, -0.2) is 37.4 Å². The summed E-state index contributed by atoms with van der Waals surface area (Å²) in [7, 11) is 0. The van der Waals surface area contributed by atoms with Crippen molar-refractivity contribution < 1.29 is 19.0 Å². The topological polar surface area (TPSA) is 97.3 Å². The molecule has 0 saturated carbocycles. The Morgan fingerprint density at radius 3 is 2.56 bits per heavy atom. The number of thiophene rings is 1. The summed E-state index contributed by atoms with van der Waals surface area (Å²) in [5.41, 5.74) is 0.320. The van der Waals surface area contributed by atoms with Gasteiger partial charge in [0.15, 0.2) is 0 Å². The Morgan fingerprint density at radius 2 is 2.00 bits per heavy atom. The fraction of sp³-hybridized carbons (Fsp3) is 0.235. The van der Waals surface area contributed by atoms with Gasteiger partial charge in [0.25, 0.3) is 0 Å². The minimum absolute atomic E-state index is 0.00343. The van der Waals surface area contributed by atoms with E-state index in [9.17, 15) is 19.6 Å². The van der Waals surface area contributed by atoms with Crippen LogP contribution in [0.3, 0.4) is 0 Å². The zero-order valence-corrected chi connectivity index (χ0v) is 13.8. The van der Waals surface area contributed by atoms with E-state index in [0.29, 0.717) is 31.3 Å². The molecule has 6 nitrogen and oxygen atoms in total. The van der Waals surface area contributed by atoms with Crippen LogP contribution in [0.25, 0.3) is 11.1 Å². The molecule has 1 aliphatic rings. The zero-order valence-electron chi connectivity index (χ0n) is 13.0. The SMILES string of the molecule is N#Cc1ccc(-c2c(C(=O)O)sc(N3CCOCC3)c2C#N)c(F)c1. The highest BCUT2D eigenvalue weighted by Gasteiger charge is 2.29. The average Bonchev–Trinajstić information content (AvgIpc) is 3.01. The molecule has 1 aromatic heterocycles. The molecule has 1 aliphatic heterocycles. The maximum Gasteiger partial charge on any atom is 0.346 e. The average molecular weight is 357 g/mol. The van der Waals surface area contributed by atoms with Gasteiger partial charge < -0.3 is 14.7 Å². The van der Waals surface area contributed by atoms with Crippen molar-refractivity contribution in [1.29, 1.82) is 10.5 Å². The number of rotatable bonds is 3. The van der Waals surface area contributed by atoms with Gasteiger partial charge in [0.2, 0.25) is 0 Å². The molecule has 2 aromatic rings. The Morgan fingerprint density at radius 1 is 1.28 bits per heavy atom. The molecule has 2 heterocycles. The molecule has 0 unspecified atom stereocenters. The second kappa shape index (κ2) is 6.89. The number of halogens is 1. The maximum atomic E-state index is 14.5. The van der Waals surface area contributed by atoms with Crippen LogP contribution >= 0.6 is 11.3 Å². The van der Waals surface area contributed by atoms with E-state index in [1.807, 2.05) is 17.0 Å². The molecule has 1 N–H and O–H groups in total. The lowest BCUT2D eigenvalue weighted by atomic mass is 9.99. The van der Waals surface area contributed by atoms with Crippen LogP contribution in [-0.2, 0) is 4.74 Å². The molecule has 1 fully saturated rings. The highest BCUT2D eigenvalue weighted by atomic mass is 32.1. The van der Waals surface area contributed by atoms with E-state index in [4.69, 9.17) is 10.00 Å². The molecule has 1 saturated heterocycles. The van der Waals surface area contributed by atoms with E-state index >= 15 is 0 Å². The van der Waals surface area contributed by atoms with E-state index < -0.39 is 11.8 Å². The number of aromatic carboxylic acids is 1. The Balaban J connectivity index is 2.21. The van der Waals surface area contributed by atoms with Crippen molar-refractivity contribution in [2.75, 3.05) is 31.2 Å². The number of carbonyl (C=O) groups is 1. The van der Waals surface area contributed by atoms with E-state index in [0.717, 1.165) is 17.4 Å². The molecule has 25 heavy (non-hydrogen) atoms. The summed E-state index contributed by atoms with van der Waals surface area (Å²) < 4.78 is 19.7. The molecule has 8 heteroatoms. The fourth-order valence-electron chi connectivity index (χ4n) is 2.71. The molecule has 0 amide bonds. The third-order valence-electron chi connectivity index (χ3n) is 3.86. The van der Waals surface area contributed by atoms with Gasteiger partial charge in [-0.05, 0) is 12.1 Å². The van der Waals surface area contributed by atoms with Crippen molar-refractivity contribution in [1.82, 2.24) is 0 Å². The van der Waals surface area contributed by atoms with Gasteiger partial charge in [-0.2, -0.15) is 10.5 Å². The van der Waals surface area contributed by atoms with E-state index in [1.165, 1.54) is 12.1 Å². The van der Waals surface area contributed by atoms with Crippen LogP contribution in [0.15, 0.2) is 18.2 Å². The number of anilines is 1. The Hall–Kier alpha value is -2.94. The summed E-state index contributed by atoms with van der Waals surface area (Å²) in [5, 5.41) is 28.5. The van der Waals surface area contributed by atoms with Crippen LogP contribution in [0.4, 0.5) is 9.39 Å². The van der Waals surface area contributed by atoms with Gasteiger partial charge in [-0.3, -0.25) is 0 Å². The van der Waals surface area contributed by atoms with Crippen LogP contribution in [0.2, 0.25) is 0 Å². The van der Waals surface area contributed by atoms with Gasteiger partial charge >= 0.3 is 5.97 Å². The molecule has 1 aromatic carbocycles. The third-order valence-corrected chi connectivity index (χ3v) is 5.10. The smallest absolute Gasteiger partial charge is 0.346 e. The first kappa shape index (κ1) is 16.9. The second-order valence-electron chi connectivity index (χ2n) is 5.31. The molecule has 0 atom stereocenters. The number of ether oxygens (including phenoxy) is 1. The number of benzene rings is 1. The first-order valence-corrected chi connectivity index (χ1v) is 8.21. The first-order chi connectivity index (χ1) is 12.1. The summed E-state index contributed by atoms with van der Waals surface area (Å²) in [4.78, 5) is 13.5. The molecule has 0 radical (unpaired) electrons. The lowest BCUT2D eigenvalue weighted by Gasteiger charge is -2.27. The highest BCUT2D eigenvalue weighted by Crippen LogP contribution is 2.43. The van der Waals surface area contributed by atoms with Gasteiger partial charge in [0, 0.05) is 24.2 Å². The molecule has 126 valence electrons. The standard InChI is InChI=1S/C17H12FN3O3S/c18-13-7-10(8-19)1-2-11(13)14-12(9-20)16(25-15(14)17(22)23)21-3-5-24-6-4-21/h1-2,7H,3-6H2,(H,22,23). The minimum atomic E-state index is -1.22. The van der Waals surface area contributed by atoms with Crippen molar-refractivity contribution in [2.45, 2.75) is 0 Å². The lowest BCUT2D eigenvalue weighted by Crippen LogP contribution is -2.36. The monoisotopic (exact) mass is 357 g/mol. The summed E-state index contributed by atoms with van der Waals surface area (Å²) in [6, 6.07) is 7.63. The quantitative estimate of drug-likeness (QED) is 0.907. The Labute approximate surface area is 146 Å². The van der Waals surface area contributed by atoms with E-state index in [2.05, 4.69) is 0 Å². The van der Waals surface area contributed by atoms with Crippen molar-refractivity contribution in [3.05, 3.63) is 40.0 Å². The molecule has 0 aliphatic carbocycles. The van der Waals surface area contributed by atoms with Crippen LogP contribution in [0.5, 0.6) is 0 Å². The Bertz CT molecular complexity index is 920. The summed E-state index contributed by atoms with van der Waals surface area (Å²) in [5.74, 6) is -1.95. The number of carboxylic acids is 1. The second-order valence-corrected chi connectivity index (χ2v) is 6.31. The van der Waals surface area contributed by atoms with Crippen molar-refractivity contribution in [3.63, 3.8) is 0 Å². The number of morpholine rings is 1. The van der Waals surface area contributed by atoms with Crippen molar-refractivity contribution >= 4 is 22.3 Å². The molecule has 0 spiro atoms. The number of hydrogen-bond acceptors (Lipinski definition) is 6. The van der Waals surface area contributed by atoms with Crippen LogP contribution < -0.4 is 4.90 Å². The minimum Gasteiger partial charge on any atom is -0.477 e. The normalized spacial score (nSPS) is 14.0. The predicted octanol–water partition coefficient (Wildman–Crippen LogP) is 2.83. The number of carboxylic acid groups (broad SMARTS) is 1. The maximum absolute atomic E-state index is 14.5. The van der Waals surface area contributed by atoms with Crippen LogP contribution in [0, 0.1) is 28.5 Å². The lowest BCUT2D eigenvalue weighted by molar-refractivity contribution is 0.0703. The number of nitriles is 2. The van der Waals surface area contributed by atoms with Gasteiger partial charge in [0.1, 0.15) is 21.8 Å². The predicted molar refractivity (Wildman–Crippen MR) is 89.1 cm³/mol. The largest absolute Gasteiger partial charge is 0.477 e. The zero-order chi connectivity index (χ0) is 18.0. The summed E-state index contributed by atoms with van der Waals surface area (Å²) >= 11 is 0.955. The van der Waals surface area contributed by atoms with Gasteiger partial charge in [-0.25, -0.2) is 9.18 Å². The molecule has 3 rings (SSSR count). The first-order valence-electron chi connectivity index (χ1n) is 7.39. The Kier molecular flexibility index (Phi) is 4.66. The van der Waals surface area contributed by atoms with Crippen LogP contribution in [0.1, 0.15) is 20.8 Å². The van der Waals surface area contributed by atoms with E-state index in [1.54, 1.807) is 0 Å². The number of nitrogens with zero attached hydrogens (tertiary/aromatic N) is 3. The molecular weight excluding hydrogens is 345 g/mol. The number of hydrogen-bond donors (Lipinski definition) is 1. The fourth-order valence-corrected chi connectivity index (χ4v) is 3.86. The van der Waals surface area contributed by atoms with Gasteiger partial charge in [0.05, 0.1) is 30.4 Å². The van der Waals surface area contributed by atoms with Crippen molar-refractivity contribution in [3.8, 4) is 23.3 Å². The van der Waals surface area contributed by atoms with Gasteiger partial charge in [-0.15, -0.1) is 11.3 Å². The van der Waals surface area contributed by atoms with Gasteiger partial charge in [-0.1, -0.05) is 6.07 Å². The summed E-state index contributed by atoms with van der Waals surface area (Å²) in [6.07, 6.45) is 0.